The number of sulfonamides is 1. The molecule has 0 aliphatic heterocycles. The molecule has 20 heavy (non-hydrogen) atoms. The van der Waals surface area contributed by atoms with Crippen molar-refractivity contribution in [3.05, 3.63) is 24.3 Å². The fourth-order valence-corrected chi connectivity index (χ4v) is 2.71. The number of hydrogen-bond acceptors (Lipinski definition) is 4. The number of benzene rings is 1. The van der Waals surface area contributed by atoms with Gasteiger partial charge >= 0.3 is 0 Å². The number of para-hydroxylation sites is 2. The molecule has 6 heteroatoms. The lowest BCUT2D eigenvalue weighted by atomic mass is 10.1. The zero-order chi connectivity index (χ0) is 15.0. The van der Waals surface area contributed by atoms with Gasteiger partial charge in [-0.05, 0) is 25.0 Å². The average Bonchev–Trinajstić information content (AvgIpc) is 2.40. The van der Waals surface area contributed by atoms with E-state index in [-0.39, 0.29) is 11.7 Å². The maximum Gasteiger partial charge on any atom is 0.209 e. The first-order valence-electron chi connectivity index (χ1n) is 6.81. The molecule has 114 valence electrons. The van der Waals surface area contributed by atoms with Gasteiger partial charge in [0.25, 0.3) is 0 Å². The second kappa shape index (κ2) is 8.11. The smallest absolute Gasteiger partial charge is 0.209 e. The van der Waals surface area contributed by atoms with Gasteiger partial charge in [-0.25, -0.2) is 13.6 Å². The molecule has 0 fully saturated rings. The lowest BCUT2D eigenvalue weighted by molar-refractivity contribution is 0.235. The highest BCUT2D eigenvalue weighted by Crippen LogP contribution is 2.27. The van der Waals surface area contributed by atoms with Gasteiger partial charge < -0.3 is 9.47 Å². The normalized spacial score (nSPS) is 12.9. The maximum atomic E-state index is 11.1. The van der Waals surface area contributed by atoms with Crippen molar-refractivity contribution in [2.24, 2.45) is 11.1 Å². The van der Waals surface area contributed by atoms with Gasteiger partial charge in [0, 0.05) is 5.92 Å². The molecule has 0 bridgehead atoms. The average molecular weight is 301 g/mol. The van der Waals surface area contributed by atoms with Crippen LogP contribution in [0.5, 0.6) is 11.5 Å². The van der Waals surface area contributed by atoms with E-state index in [9.17, 15) is 8.42 Å². The van der Waals surface area contributed by atoms with E-state index in [0.29, 0.717) is 31.1 Å². The topological polar surface area (TPSA) is 78.6 Å². The summed E-state index contributed by atoms with van der Waals surface area (Å²) in [6.07, 6.45) is 1.60. The second-order valence-corrected chi connectivity index (χ2v) is 6.37. The van der Waals surface area contributed by atoms with Crippen molar-refractivity contribution in [2.75, 3.05) is 19.0 Å². The van der Waals surface area contributed by atoms with Crippen molar-refractivity contribution in [1.29, 1.82) is 0 Å². The Labute approximate surface area is 121 Å². The van der Waals surface area contributed by atoms with Gasteiger partial charge in [0.2, 0.25) is 10.0 Å². The second-order valence-electron chi connectivity index (χ2n) is 4.71. The third-order valence-corrected chi connectivity index (χ3v) is 3.77. The van der Waals surface area contributed by atoms with Gasteiger partial charge in [-0.1, -0.05) is 26.0 Å². The Balaban J connectivity index is 2.63. The highest BCUT2D eigenvalue weighted by molar-refractivity contribution is 7.89. The molecule has 1 atom stereocenters. The molecule has 0 amide bonds. The Morgan fingerprint density at radius 2 is 1.75 bits per heavy atom. The number of hydrogen-bond donors (Lipinski definition) is 1. The molecule has 2 N–H and O–H groups in total. The minimum atomic E-state index is -3.48. The van der Waals surface area contributed by atoms with Crippen LogP contribution in [0.15, 0.2) is 24.3 Å². The molecule has 5 nitrogen and oxygen atoms in total. The maximum absolute atomic E-state index is 11.1. The van der Waals surface area contributed by atoms with E-state index in [1.54, 1.807) is 0 Å². The van der Waals surface area contributed by atoms with Crippen LogP contribution in [0.2, 0.25) is 0 Å². The SMILES string of the molecule is CCCOc1ccccc1OCC(CC)CS(N)(=O)=O. The summed E-state index contributed by atoms with van der Waals surface area (Å²) in [6.45, 7) is 4.87. The highest BCUT2D eigenvalue weighted by Gasteiger charge is 2.15. The quantitative estimate of drug-likeness (QED) is 0.758. The first kappa shape index (κ1) is 16.8. The van der Waals surface area contributed by atoms with Gasteiger partial charge in [-0.3, -0.25) is 0 Å². The van der Waals surface area contributed by atoms with Crippen molar-refractivity contribution in [3.8, 4) is 11.5 Å². The lowest BCUT2D eigenvalue weighted by Crippen LogP contribution is -2.26. The zero-order valence-electron chi connectivity index (χ0n) is 12.0. The molecule has 0 aliphatic carbocycles. The Morgan fingerprint density at radius 3 is 2.25 bits per heavy atom. The van der Waals surface area contributed by atoms with Crippen LogP contribution in [0.3, 0.4) is 0 Å². The van der Waals surface area contributed by atoms with Crippen molar-refractivity contribution in [3.63, 3.8) is 0 Å². The van der Waals surface area contributed by atoms with Crippen molar-refractivity contribution in [1.82, 2.24) is 0 Å². The van der Waals surface area contributed by atoms with E-state index in [0.717, 1.165) is 6.42 Å². The van der Waals surface area contributed by atoms with Gasteiger partial charge in [0.15, 0.2) is 11.5 Å². The molecule has 0 radical (unpaired) electrons. The summed E-state index contributed by atoms with van der Waals surface area (Å²) >= 11 is 0. The molecule has 0 heterocycles. The zero-order valence-corrected chi connectivity index (χ0v) is 12.9. The molecule has 0 spiro atoms. The first-order chi connectivity index (χ1) is 9.46. The van der Waals surface area contributed by atoms with E-state index in [1.807, 2.05) is 38.1 Å². The van der Waals surface area contributed by atoms with Crippen molar-refractivity contribution < 1.29 is 17.9 Å². The van der Waals surface area contributed by atoms with E-state index in [1.165, 1.54) is 0 Å². The van der Waals surface area contributed by atoms with Gasteiger partial charge in [-0.15, -0.1) is 0 Å². The molecule has 0 saturated heterocycles. The summed E-state index contributed by atoms with van der Waals surface area (Å²) < 4.78 is 33.5. The first-order valence-corrected chi connectivity index (χ1v) is 8.53. The molecule has 1 unspecified atom stereocenters. The molecular weight excluding hydrogens is 278 g/mol. The number of rotatable bonds is 9. The predicted octanol–water partition coefficient (Wildman–Crippen LogP) is 2.17. The molecule has 0 aliphatic rings. The van der Waals surface area contributed by atoms with Gasteiger partial charge in [0.05, 0.1) is 19.0 Å². The molecule has 0 saturated carbocycles. The number of nitrogens with two attached hydrogens (primary N) is 1. The van der Waals surface area contributed by atoms with Crippen LogP contribution < -0.4 is 14.6 Å². The Hall–Kier alpha value is -1.27. The van der Waals surface area contributed by atoms with E-state index in [2.05, 4.69) is 0 Å². The molecule has 1 aromatic carbocycles. The molecule has 1 aromatic rings. The summed E-state index contributed by atoms with van der Waals surface area (Å²) in [7, 11) is -3.48. The van der Waals surface area contributed by atoms with Gasteiger partial charge in [0.1, 0.15) is 0 Å². The molecular formula is C14H23NO4S. The van der Waals surface area contributed by atoms with Crippen LogP contribution in [0.1, 0.15) is 26.7 Å². The summed E-state index contributed by atoms with van der Waals surface area (Å²) in [4.78, 5) is 0. The van der Waals surface area contributed by atoms with Crippen LogP contribution in [-0.2, 0) is 10.0 Å². The van der Waals surface area contributed by atoms with E-state index >= 15 is 0 Å². The van der Waals surface area contributed by atoms with Crippen LogP contribution in [0.4, 0.5) is 0 Å². The lowest BCUT2D eigenvalue weighted by Gasteiger charge is -2.17. The Bertz CT molecular complexity index is 502. The number of primary sulfonamides is 1. The number of ether oxygens (including phenoxy) is 2. The fourth-order valence-electron chi connectivity index (χ4n) is 1.72. The third kappa shape index (κ3) is 6.25. The Kier molecular flexibility index (Phi) is 6.81. The van der Waals surface area contributed by atoms with Crippen LogP contribution in [-0.4, -0.2) is 27.4 Å². The van der Waals surface area contributed by atoms with Gasteiger partial charge in [-0.2, -0.15) is 0 Å². The largest absolute Gasteiger partial charge is 0.490 e. The Morgan fingerprint density at radius 1 is 1.15 bits per heavy atom. The van der Waals surface area contributed by atoms with Crippen LogP contribution in [0.25, 0.3) is 0 Å². The summed E-state index contributed by atoms with van der Waals surface area (Å²) in [5.74, 6) is 1.12. The van der Waals surface area contributed by atoms with Crippen molar-refractivity contribution in [2.45, 2.75) is 26.7 Å². The predicted molar refractivity (Wildman–Crippen MR) is 79.5 cm³/mol. The van der Waals surface area contributed by atoms with E-state index in [4.69, 9.17) is 14.6 Å². The minimum absolute atomic E-state index is 0.0680. The molecule has 1 rings (SSSR count). The highest BCUT2D eigenvalue weighted by atomic mass is 32.2. The van der Waals surface area contributed by atoms with Crippen LogP contribution in [0, 0.1) is 5.92 Å². The van der Waals surface area contributed by atoms with Crippen molar-refractivity contribution >= 4 is 10.0 Å². The summed E-state index contributed by atoms with van der Waals surface area (Å²) in [5.41, 5.74) is 0. The standard InChI is InChI=1S/C14H23NO4S/c1-3-9-18-13-7-5-6-8-14(13)19-10-12(4-2)11-20(15,16)17/h5-8,12H,3-4,9-11H2,1-2H3,(H2,15,16,17). The minimum Gasteiger partial charge on any atom is -0.490 e. The van der Waals surface area contributed by atoms with E-state index < -0.39 is 10.0 Å². The summed E-state index contributed by atoms with van der Waals surface area (Å²) in [6, 6.07) is 7.38. The fraction of sp³-hybridized carbons (Fsp3) is 0.571. The van der Waals surface area contributed by atoms with Crippen LogP contribution >= 0.6 is 0 Å². The molecule has 0 aromatic heterocycles. The third-order valence-electron chi connectivity index (χ3n) is 2.83. The summed E-state index contributed by atoms with van der Waals surface area (Å²) in [5, 5.41) is 5.07. The monoisotopic (exact) mass is 301 g/mol.